The molecule has 0 amide bonds. The van der Waals surface area contributed by atoms with Gasteiger partial charge in [0.2, 0.25) is 15.9 Å². The topological polar surface area (TPSA) is 79.5 Å². The van der Waals surface area contributed by atoms with Crippen molar-refractivity contribution in [3.05, 3.63) is 5.89 Å². The van der Waals surface area contributed by atoms with Crippen LogP contribution < -0.4 is 4.90 Å². The molecule has 0 unspecified atom stereocenters. The second kappa shape index (κ2) is 6.09. The lowest BCUT2D eigenvalue weighted by molar-refractivity contribution is 0.367. The Morgan fingerprint density at radius 1 is 1.20 bits per heavy atom. The first-order chi connectivity index (χ1) is 9.44. The summed E-state index contributed by atoms with van der Waals surface area (Å²) in [6.07, 6.45) is 0.643. The largest absolute Gasteiger partial charge is 0.408 e. The van der Waals surface area contributed by atoms with E-state index >= 15 is 0 Å². The van der Waals surface area contributed by atoms with E-state index < -0.39 is 10.0 Å². The number of aromatic nitrogens is 2. The zero-order chi connectivity index (χ0) is 14.8. The van der Waals surface area contributed by atoms with Gasteiger partial charge in [0.1, 0.15) is 0 Å². The molecular weight excluding hydrogens is 280 g/mol. The highest BCUT2D eigenvalue weighted by atomic mass is 32.2. The molecule has 2 heterocycles. The normalized spacial score (nSPS) is 17.9. The minimum atomic E-state index is -3.11. The third-order valence-electron chi connectivity index (χ3n) is 3.29. The van der Waals surface area contributed by atoms with Crippen molar-refractivity contribution in [1.29, 1.82) is 0 Å². The minimum Gasteiger partial charge on any atom is -0.408 e. The van der Waals surface area contributed by atoms with Gasteiger partial charge in [-0.2, -0.15) is 4.31 Å². The first kappa shape index (κ1) is 15.2. The van der Waals surface area contributed by atoms with Crippen LogP contribution in [-0.4, -0.2) is 54.9 Å². The van der Waals surface area contributed by atoms with Gasteiger partial charge in [0.15, 0.2) is 0 Å². The summed E-state index contributed by atoms with van der Waals surface area (Å²) in [5.74, 6) is 1.02. The fourth-order valence-electron chi connectivity index (χ4n) is 2.13. The van der Waals surface area contributed by atoms with Crippen LogP contribution in [0.2, 0.25) is 0 Å². The summed E-state index contributed by atoms with van der Waals surface area (Å²) in [6, 6.07) is 0.487. The molecule has 0 N–H and O–H groups in total. The van der Waals surface area contributed by atoms with Gasteiger partial charge in [-0.3, -0.25) is 0 Å². The number of hydrogen-bond acceptors (Lipinski definition) is 6. The van der Waals surface area contributed by atoms with Crippen LogP contribution in [0.25, 0.3) is 0 Å². The van der Waals surface area contributed by atoms with Gasteiger partial charge in [-0.25, -0.2) is 8.42 Å². The molecule has 1 saturated heterocycles. The second-order valence-corrected chi connectivity index (χ2v) is 7.37. The van der Waals surface area contributed by atoms with Crippen LogP contribution in [0.4, 0.5) is 6.01 Å². The predicted molar refractivity (Wildman–Crippen MR) is 76.3 cm³/mol. The molecule has 7 nitrogen and oxygen atoms in total. The van der Waals surface area contributed by atoms with Crippen LogP contribution in [0.3, 0.4) is 0 Å². The molecule has 0 aromatic carbocycles. The third kappa shape index (κ3) is 3.29. The molecule has 0 aliphatic carbocycles. The second-order valence-electron chi connectivity index (χ2n) is 5.28. The molecule has 1 aliphatic heterocycles. The summed E-state index contributed by atoms with van der Waals surface area (Å²) >= 11 is 0. The predicted octanol–water partition coefficient (Wildman–Crippen LogP) is 1.05. The van der Waals surface area contributed by atoms with E-state index in [0.717, 1.165) is 0 Å². The van der Waals surface area contributed by atoms with Crippen molar-refractivity contribution >= 4 is 16.0 Å². The van der Waals surface area contributed by atoms with Gasteiger partial charge >= 0.3 is 6.01 Å². The molecule has 8 heteroatoms. The molecule has 114 valence electrons. The standard InChI is InChI=1S/C12H22N4O3S/c1-4-9-20(17,18)16-7-5-15(6-8-16)12-14-13-11(19-12)10(2)3/h10H,4-9H2,1-3H3. The van der Waals surface area contributed by atoms with Crippen LogP contribution in [0.5, 0.6) is 0 Å². The van der Waals surface area contributed by atoms with Gasteiger partial charge < -0.3 is 9.32 Å². The SMILES string of the molecule is CCCS(=O)(=O)N1CCN(c2nnc(C(C)C)o2)CC1. The Labute approximate surface area is 120 Å². The Bertz CT molecular complexity index is 533. The number of hydrogen-bond donors (Lipinski definition) is 0. The fraction of sp³-hybridized carbons (Fsp3) is 0.833. The van der Waals surface area contributed by atoms with Gasteiger partial charge in [0.05, 0.1) is 5.75 Å². The highest BCUT2D eigenvalue weighted by Crippen LogP contribution is 2.20. The lowest BCUT2D eigenvalue weighted by Gasteiger charge is -2.32. The van der Waals surface area contributed by atoms with Crippen molar-refractivity contribution in [1.82, 2.24) is 14.5 Å². The van der Waals surface area contributed by atoms with Crippen molar-refractivity contribution in [3.63, 3.8) is 0 Å². The number of sulfonamides is 1. The van der Waals surface area contributed by atoms with E-state index in [4.69, 9.17) is 4.42 Å². The average Bonchev–Trinajstić information content (AvgIpc) is 2.88. The van der Waals surface area contributed by atoms with Crippen molar-refractivity contribution in [2.24, 2.45) is 0 Å². The molecule has 0 saturated carbocycles. The Hall–Kier alpha value is -1.15. The van der Waals surface area contributed by atoms with Crippen molar-refractivity contribution < 1.29 is 12.8 Å². The van der Waals surface area contributed by atoms with Crippen molar-refractivity contribution in [3.8, 4) is 0 Å². The summed E-state index contributed by atoms with van der Waals surface area (Å²) in [7, 11) is -3.11. The zero-order valence-corrected chi connectivity index (χ0v) is 13.1. The molecule has 20 heavy (non-hydrogen) atoms. The summed E-state index contributed by atoms with van der Waals surface area (Å²) in [5, 5.41) is 8.02. The van der Waals surface area contributed by atoms with E-state index in [-0.39, 0.29) is 11.7 Å². The molecule has 0 spiro atoms. The minimum absolute atomic E-state index is 0.197. The zero-order valence-electron chi connectivity index (χ0n) is 12.2. The van der Waals surface area contributed by atoms with E-state index in [1.54, 1.807) is 4.31 Å². The van der Waals surface area contributed by atoms with Crippen molar-refractivity contribution in [2.45, 2.75) is 33.1 Å². The molecule has 0 radical (unpaired) electrons. The average molecular weight is 302 g/mol. The molecule has 1 aromatic heterocycles. The smallest absolute Gasteiger partial charge is 0.318 e. The van der Waals surface area contributed by atoms with Gasteiger partial charge in [0.25, 0.3) is 0 Å². The molecule has 1 aromatic rings. The van der Waals surface area contributed by atoms with Crippen LogP contribution >= 0.6 is 0 Å². The monoisotopic (exact) mass is 302 g/mol. The first-order valence-corrected chi connectivity index (χ1v) is 8.61. The fourth-order valence-corrected chi connectivity index (χ4v) is 3.63. The Kier molecular flexibility index (Phi) is 4.64. The Morgan fingerprint density at radius 2 is 1.85 bits per heavy atom. The summed E-state index contributed by atoms with van der Waals surface area (Å²) in [6.45, 7) is 7.98. The number of anilines is 1. The Balaban J connectivity index is 1.97. The highest BCUT2D eigenvalue weighted by Gasteiger charge is 2.28. The quantitative estimate of drug-likeness (QED) is 0.809. The highest BCUT2D eigenvalue weighted by molar-refractivity contribution is 7.89. The van der Waals surface area contributed by atoms with Gasteiger partial charge in [-0.05, 0) is 6.42 Å². The van der Waals surface area contributed by atoms with E-state index in [1.165, 1.54) is 0 Å². The van der Waals surface area contributed by atoms with Gasteiger partial charge in [-0.1, -0.05) is 25.9 Å². The lowest BCUT2D eigenvalue weighted by atomic mass is 10.2. The van der Waals surface area contributed by atoms with E-state index in [0.29, 0.717) is 44.5 Å². The molecule has 0 bridgehead atoms. The Morgan fingerprint density at radius 3 is 2.35 bits per heavy atom. The molecule has 1 aliphatic rings. The van der Waals surface area contributed by atoms with E-state index in [9.17, 15) is 8.42 Å². The van der Waals surface area contributed by atoms with Crippen LogP contribution in [0, 0.1) is 0 Å². The van der Waals surface area contributed by atoms with E-state index in [2.05, 4.69) is 10.2 Å². The van der Waals surface area contributed by atoms with Crippen LogP contribution in [-0.2, 0) is 10.0 Å². The molecule has 0 atom stereocenters. The summed E-state index contributed by atoms with van der Waals surface area (Å²) in [4.78, 5) is 1.94. The van der Waals surface area contributed by atoms with Crippen LogP contribution in [0.1, 0.15) is 39.0 Å². The molecular formula is C12H22N4O3S. The number of nitrogens with zero attached hydrogens (tertiary/aromatic N) is 4. The lowest BCUT2D eigenvalue weighted by Crippen LogP contribution is -2.49. The maximum absolute atomic E-state index is 12.0. The van der Waals surface area contributed by atoms with E-state index in [1.807, 2.05) is 25.7 Å². The number of piperazine rings is 1. The number of rotatable bonds is 5. The maximum atomic E-state index is 12.0. The van der Waals surface area contributed by atoms with Crippen molar-refractivity contribution in [2.75, 3.05) is 36.8 Å². The summed E-state index contributed by atoms with van der Waals surface area (Å²) in [5.41, 5.74) is 0. The third-order valence-corrected chi connectivity index (χ3v) is 5.36. The summed E-state index contributed by atoms with van der Waals surface area (Å²) < 4.78 is 31.1. The van der Waals surface area contributed by atoms with Gasteiger partial charge in [-0.15, -0.1) is 5.10 Å². The molecule has 2 rings (SSSR count). The molecule has 1 fully saturated rings. The van der Waals surface area contributed by atoms with Crippen LogP contribution in [0.15, 0.2) is 4.42 Å². The first-order valence-electron chi connectivity index (χ1n) is 7.00. The maximum Gasteiger partial charge on any atom is 0.318 e. The van der Waals surface area contributed by atoms with Gasteiger partial charge in [0, 0.05) is 32.1 Å².